The molecule has 0 aliphatic rings. The van der Waals surface area contributed by atoms with Crippen LogP contribution in [0.1, 0.15) is 29.7 Å². The van der Waals surface area contributed by atoms with Gasteiger partial charge in [-0.1, -0.05) is 39.7 Å². The van der Waals surface area contributed by atoms with Gasteiger partial charge in [0.1, 0.15) is 5.75 Å². The minimum absolute atomic E-state index is 0.0107. The molecule has 0 fully saturated rings. The van der Waals surface area contributed by atoms with E-state index in [1.54, 1.807) is 0 Å². The molecule has 1 amide bonds. The Morgan fingerprint density at radius 2 is 1.86 bits per heavy atom. The minimum atomic E-state index is -0.128. The Balaban J connectivity index is 1.91. The van der Waals surface area contributed by atoms with Crippen LogP contribution in [0.2, 0.25) is 0 Å². The quantitative estimate of drug-likeness (QED) is 0.860. The van der Waals surface area contributed by atoms with Gasteiger partial charge >= 0.3 is 0 Å². The molecule has 0 aromatic heterocycles. The van der Waals surface area contributed by atoms with Gasteiger partial charge in [0.05, 0.1) is 6.04 Å². The summed E-state index contributed by atoms with van der Waals surface area (Å²) >= 11 is 3.36. The topological polar surface area (TPSA) is 38.3 Å². The summed E-state index contributed by atoms with van der Waals surface area (Å²) in [6.07, 6.45) is 0. The van der Waals surface area contributed by atoms with Crippen molar-refractivity contribution < 1.29 is 9.53 Å². The fourth-order valence-corrected chi connectivity index (χ4v) is 2.53. The van der Waals surface area contributed by atoms with Gasteiger partial charge in [0.2, 0.25) is 0 Å². The lowest BCUT2D eigenvalue weighted by atomic mass is 10.00. The number of rotatable bonds is 5. The van der Waals surface area contributed by atoms with Crippen LogP contribution in [0, 0.1) is 13.8 Å². The van der Waals surface area contributed by atoms with E-state index in [1.165, 1.54) is 11.1 Å². The number of carbonyl (C=O) groups excluding carboxylic acids is 1. The standard InChI is InChI=1S/C18H20BrNO2/c1-12-4-5-13(2)17(10-12)14(3)20-18(21)11-22-16-8-6-15(19)7-9-16/h4-10,14H,11H2,1-3H3,(H,20,21)/t14-/m0/s1. The molecule has 2 aromatic carbocycles. The summed E-state index contributed by atoms with van der Waals surface area (Å²) in [6, 6.07) is 13.6. The van der Waals surface area contributed by atoms with Crippen LogP contribution < -0.4 is 10.1 Å². The van der Waals surface area contributed by atoms with Gasteiger partial charge in [-0.3, -0.25) is 4.79 Å². The molecule has 0 spiro atoms. The molecule has 0 heterocycles. The maximum absolute atomic E-state index is 12.0. The molecule has 0 unspecified atom stereocenters. The van der Waals surface area contributed by atoms with Gasteiger partial charge in [-0.15, -0.1) is 0 Å². The lowest BCUT2D eigenvalue weighted by Crippen LogP contribution is -2.31. The van der Waals surface area contributed by atoms with Crippen LogP contribution >= 0.6 is 15.9 Å². The molecule has 0 aliphatic carbocycles. The molecule has 0 saturated carbocycles. The highest BCUT2D eigenvalue weighted by Gasteiger charge is 2.12. The Kier molecular flexibility index (Phi) is 5.61. The summed E-state index contributed by atoms with van der Waals surface area (Å²) in [5.41, 5.74) is 3.50. The maximum atomic E-state index is 12.0. The van der Waals surface area contributed by atoms with E-state index in [9.17, 15) is 4.79 Å². The zero-order valence-corrected chi connectivity index (χ0v) is 14.6. The third kappa shape index (κ3) is 4.60. The van der Waals surface area contributed by atoms with E-state index < -0.39 is 0 Å². The molecule has 3 nitrogen and oxygen atoms in total. The van der Waals surface area contributed by atoms with Gasteiger partial charge in [0.15, 0.2) is 6.61 Å². The largest absolute Gasteiger partial charge is 0.484 e. The molecule has 116 valence electrons. The number of amides is 1. The molecule has 0 aliphatic heterocycles. The first-order chi connectivity index (χ1) is 10.5. The number of ether oxygens (including phenoxy) is 1. The maximum Gasteiger partial charge on any atom is 0.258 e. The highest BCUT2D eigenvalue weighted by Crippen LogP contribution is 2.19. The molecule has 4 heteroatoms. The third-order valence-electron chi connectivity index (χ3n) is 3.46. The number of aryl methyl sites for hydroxylation is 2. The minimum Gasteiger partial charge on any atom is -0.484 e. The van der Waals surface area contributed by atoms with E-state index in [0.717, 1.165) is 10.0 Å². The van der Waals surface area contributed by atoms with Gasteiger partial charge < -0.3 is 10.1 Å². The molecule has 22 heavy (non-hydrogen) atoms. The SMILES string of the molecule is Cc1ccc(C)c([C@H](C)NC(=O)COc2ccc(Br)cc2)c1. The van der Waals surface area contributed by atoms with Crippen molar-refractivity contribution in [3.8, 4) is 5.75 Å². The molecule has 1 N–H and O–H groups in total. The van der Waals surface area contributed by atoms with E-state index in [1.807, 2.05) is 38.1 Å². The second-order valence-electron chi connectivity index (χ2n) is 5.39. The summed E-state index contributed by atoms with van der Waals surface area (Å²) < 4.78 is 6.46. The van der Waals surface area contributed by atoms with Gasteiger partial charge in [0, 0.05) is 4.47 Å². The van der Waals surface area contributed by atoms with Crippen LogP contribution in [0.15, 0.2) is 46.9 Å². The van der Waals surface area contributed by atoms with E-state index in [-0.39, 0.29) is 18.6 Å². The zero-order chi connectivity index (χ0) is 16.1. The highest BCUT2D eigenvalue weighted by molar-refractivity contribution is 9.10. The second-order valence-corrected chi connectivity index (χ2v) is 6.31. The lowest BCUT2D eigenvalue weighted by molar-refractivity contribution is -0.123. The van der Waals surface area contributed by atoms with E-state index >= 15 is 0 Å². The first-order valence-electron chi connectivity index (χ1n) is 7.20. The van der Waals surface area contributed by atoms with Crippen molar-refractivity contribution in [2.75, 3.05) is 6.61 Å². The van der Waals surface area contributed by atoms with Crippen molar-refractivity contribution in [2.45, 2.75) is 26.8 Å². The number of nitrogens with one attached hydrogen (secondary N) is 1. The number of halogens is 1. The number of hydrogen-bond donors (Lipinski definition) is 1. The Morgan fingerprint density at radius 3 is 2.55 bits per heavy atom. The molecule has 0 radical (unpaired) electrons. The smallest absolute Gasteiger partial charge is 0.258 e. The fourth-order valence-electron chi connectivity index (χ4n) is 2.27. The van der Waals surface area contributed by atoms with Crippen LogP contribution in [0.3, 0.4) is 0 Å². The lowest BCUT2D eigenvalue weighted by Gasteiger charge is -2.17. The summed E-state index contributed by atoms with van der Waals surface area (Å²) in [6.45, 7) is 6.10. The van der Waals surface area contributed by atoms with Crippen LogP contribution in [0.5, 0.6) is 5.75 Å². The van der Waals surface area contributed by atoms with Crippen molar-refractivity contribution >= 4 is 21.8 Å². The van der Waals surface area contributed by atoms with Crippen LogP contribution in [-0.4, -0.2) is 12.5 Å². The van der Waals surface area contributed by atoms with E-state index in [2.05, 4.69) is 46.4 Å². The first kappa shape index (κ1) is 16.6. The summed E-state index contributed by atoms with van der Waals surface area (Å²) in [4.78, 5) is 12.0. The van der Waals surface area contributed by atoms with Crippen molar-refractivity contribution in [3.63, 3.8) is 0 Å². The molecule has 0 bridgehead atoms. The number of hydrogen-bond acceptors (Lipinski definition) is 2. The number of carbonyl (C=O) groups is 1. The van der Waals surface area contributed by atoms with Crippen molar-refractivity contribution in [3.05, 3.63) is 63.6 Å². The van der Waals surface area contributed by atoms with Crippen LogP contribution in [-0.2, 0) is 4.79 Å². The van der Waals surface area contributed by atoms with Gasteiger partial charge in [-0.05, 0) is 56.2 Å². The first-order valence-corrected chi connectivity index (χ1v) is 8.00. The van der Waals surface area contributed by atoms with Gasteiger partial charge in [-0.25, -0.2) is 0 Å². The molecule has 0 saturated heterocycles. The zero-order valence-electron chi connectivity index (χ0n) is 13.0. The van der Waals surface area contributed by atoms with Crippen molar-refractivity contribution in [1.82, 2.24) is 5.32 Å². The van der Waals surface area contributed by atoms with E-state index in [4.69, 9.17) is 4.74 Å². The predicted octanol–water partition coefficient (Wildman–Crippen LogP) is 4.32. The summed E-state index contributed by atoms with van der Waals surface area (Å²) in [5.74, 6) is 0.550. The van der Waals surface area contributed by atoms with Crippen LogP contribution in [0.25, 0.3) is 0 Å². The molecular weight excluding hydrogens is 342 g/mol. The average molecular weight is 362 g/mol. The Morgan fingerprint density at radius 1 is 1.18 bits per heavy atom. The van der Waals surface area contributed by atoms with Gasteiger partial charge in [0.25, 0.3) is 5.91 Å². The summed E-state index contributed by atoms with van der Waals surface area (Å²) in [5, 5.41) is 2.97. The highest BCUT2D eigenvalue weighted by atomic mass is 79.9. The molecular formula is C18H20BrNO2. The van der Waals surface area contributed by atoms with Gasteiger partial charge in [-0.2, -0.15) is 0 Å². The molecule has 2 rings (SSSR count). The van der Waals surface area contributed by atoms with Crippen molar-refractivity contribution in [1.29, 1.82) is 0 Å². The number of benzene rings is 2. The summed E-state index contributed by atoms with van der Waals surface area (Å²) in [7, 11) is 0. The normalized spacial score (nSPS) is 11.8. The average Bonchev–Trinajstić information content (AvgIpc) is 2.49. The monoisotopic (exact) mass is 361 g/mol. The molecule has 1 atom stereocenters. The van der Waals surface area contributed by atoms with Crippen molar-refractivity contribution in [2.24, 2.45) is 0 Å². The Labute approximate surface area is 139 Å². The second kappa shape index (κ2) is 7.45. The predicted molar refractivity (Wildman–Crippen MR) is 92.1 cm³/mol. The Hall–Kier alpha value is -1.81. The fraction of sp³-hybridized carbons (Fsp3) is 0.278. The molecule has 2 aromatic rings. The van der Waals surface area contributed by atoms with E-state index in [0.29, 0.717) is 5.75 Å². The van der Waals surface area contributed by atoms with Crippen LogP contribution in [0.4, 0.5) is 0 Å². The Bertz CT molecular complexity index is 653. The third-order valence-corrected chi connectivity index (χ3v) is 3.99.